The van der Waals surface area contributed by atoms with E-state index in [0.29, 0.717) is 24.3 Å². The fourth-order valence-corrected chi connectivity index (χ4v) is 3.74. The maximum Gasteiger partial charge on any atom is 0.325 e. The van der Waals surface area contributed by atoms with Crippen molar-refractivity contribution in [2.24, 2.45) is 0 Å². The number of rotatable bonds is 3. The number of hydrogen-bond acceptors (Lipinski definition) is 4. The van der Waals surface area contributed by atoms with Gasteiger partial charge in [0, 0.05) is 18.2 Å². The molecule has 1 unspecified atom stereocenters. The zero-order chi connectivity index (χ0) is 17.4. The van der Waals surface area contributed by atoms with Gasteiger partial charge in [0.1, 0.15) is 5.54 Å². The third-order valence-electron chi connectivity index (χ3n) is 5.05. The van der Waals surface area contributed by atoms with Gasteiger partial charge in [-0.25, -0.2) is 9.78 Å². The Kier molecular flexibility index (Phi) is 3.67. The number of aryl methyl sites for hydroxylation is 1. The highest BCUT2D eigenvalue weighted by molar-refractivity contribution is 6.07. The average Bonchev–Trinajstić information content (AvgIpc) is 2.86. The minimum atomic E-state index is -0.832. The van der Waals surface area contributed by atoms with E-state index in [1.165, 1.54) is 17.6 Å². The number of aromatic nitrogens is 1. The van der Waals surface area contributed by atoms with E-state index in [9.17, 15) is 9.59 Å². The summed E-state index contributed by atoms with van der Waals surface area (Å²) in [6.07, 6.45) is 3.56. The van der Waals surface area contributed by atoms with Crippen LogP contribution in [0.3, 0.4) is 0 Å². The van der Waals surface area contributed by atoms with Crippen molar-refractivity contribution in [1.82, 2.24) is 15.2 Å². The fraction of sp³-hybridized carbons (Fsp3) is 0.316. The number of imide groups is 1. The third kappa shape index (κ3) is 2.54. The molecule has 0 radical (unpaired) electrons. The molecule has 1 saturated heterocycles. The number of nitrogens with one attached hydrogen (secondary N) is 1. The summed E-state index contributed by atoms with van der Waals surface area (Å²) in [5, 5.41) is 2.94. The van der Waals surface area contributed by atoms with Crippen molar-refractivity contribution in [3.05, 3.63) is 59.3 Å². The molecule has 0 saturated carbocycles. The maximum absolute atomic E-state index is 13.1. The number of methoxy groups -OCH3 is 1. The monoisotopic (exact) mass is 337 g/mol. The van der Waals surface area contributed by atoms with Gasteiger partial charge in [-0.15, -0.1) is 0 Å². The smallest absolute Gasteiger partial charge is 0.325 e. The lowest BCUT2D eigenvalue weighted by molar-refractivity contribution is -0.132. The van der Waals surface area contributed by atoms with Crippen LogP contribution in [0, 0.1) is 0 Å². The molecule has 1 fully saturated rings. The van der Waals surface area contributed by atoms with Gasteiger partial charge < -0.3 is 10.1 Å². The van der Waals surface area contributed by atoms with Crippen molar-refractivity contribution < 1.29 is 14.3 Å². The highest BCUT2D eigenvalue weighted by atomic mass is 16.5. The van der Waals surface area contributed by atoms with Crippen LogP contribution in [-0.4, -0.2) is 34.5 Å². The van der Waals surface area contributed by atoms with Crippen LogP contribution in [-0.2, 0) is 24.2 Å². The highest BCUT2D eigenvalue weighted by Crippen LogP contribution is 2.34. The van der Waals surface area contributed by atoms with Crippen LogP contribution in [0.1, 0.15) is 23.1 Å². The Bertz CT molecular complexity index is 851. The quantitative estimate of drug-likeness (QED) is 0.871. The lowest BCUT2D eigenvalue weighted by Gasteiger charge is -2.32. The van der Waals surface area contributed by atoms with Gasteiger partial charge in [-0.1, -0.05) is 30.3 Å². The van der Waals surface area contributed by atoms with E-state index in [1.54, 1.807) is 12.3 Å². The van der Waals surface area contributed by atoms with Crippen LogP contribution in [0.5, 0.6) is 5.88 Å². The largest absolute Gasteiger partial charge is 0.481 e. The van der Waals surface area contributed by atoms with Crippen molar-refractivity contribution in [3.8, 4) is 5.88 Å². The van der Waals surface area contributed by atoms with Crippen LogP contribution in [0.2, 0.25) is 0 Å². The van der Waals surface area contributed by atoms with Crippen LogP contribution >= 0.6 is 0 Å². The van der Waals surface area contributed by atoms with Gasteiger partial charge in [-0.3, -0.25) is 9.69 Å². The molecule has 1 aromatic carbocycles. The standard InChI is InChI=1S/C19H19N3O3/c1-25-16-15(7-4-10-20-16)12-22-17(23)19(21-18(22)24)9-8-13-5-2-3-6-14(13)11-19/h2-7,10H,8-9,11-12H2,1H3,(H,21,24). The number of fused-ring (bicyclic) bond motifs is 1. The molecule has 0 bridgehead atoms. The molecule has 25 heavy (non-hydrogen) atoms. The van der Waals surface area contributed by atoms with E-state index in [1.807, 2.05) is 24.3 Å². The molecule has 1 spiro atoms. The van der Waals surface area contributed by atoms with Crippen LogP contribution < -0.4 is 10.1 Å². The highest BCUT2D eigenvalue weighted by Gasteiger charge is 2.52. The molecule has 1 aromatic heterocycles. The Balaban J connectivity index is 1.61. The number of carbonyl (C=O) groups is 2. The first-order chi connectivity index (χ1) is 12.1. The molecule has 1 aliphatic heterocycles. The molecule has 1 aliphatic carbocycles. The average molecular weight is 337 g/mol. The Morgan fingerprint density at radius 1 is 1.20 bits per heavy atom. The summed E-state index contributed by atoms with van der Waals surface area (Å²) < 4.78 is 5.23. The predicted molar refractivity (Wildman–Crippen MR) is 91.1 cm³/mol. The van der Waals surface area contributed by atoms with Gasteiger partial charge in [0.25, 0.3) is 5.91 Å². The van der Waals surface area contributed by atoms with Gasteiger partial charge in [0.2, 0.25) is 5.88 Å². The molecule has 1 N–H and O–H groups in total. The van der Waals surface area contributed by atoms with Crippen LogP contribution in [0.25, 0.3) is 0 Å². The fourth-order valence-electron chi connectivity index (χ4n) is 3.74. The summed E-state index contributed by atoms with van der Waals surface area (Å²) in [6, 6.07) is 11.3. The summed E-state index contributed by atoms with van der Waals surface area (Å²) in [6.45, 7) is 0.158. The number of carbonyl (C=O) groups excluding carboxylic acids is 2. The number of ether oxygens (including phenoxy) is 1. The number of amides is 3. The SMILES string of the molecule is COc1ncccc1CN1C(=O)NC2(CCc3ccccc3C2)C1=O. The summed E-state index contributed by atoms with van der Waals surface area (Å²) in [5.41, 5.74) is 2.26. The molecular formula is C19H19N3O3. The molecule has 6 heteroatoms. The molecule has 3 amide bonds. The Labute approximate surface area is 145 Å². The van der Waals surface area contributed by atoms with Gasteiger partial charge in [0.15, 0.2) is 0 Å². The molecule has 2 aliphatic rings. The lowest BCUT2D eigenvalue weighted by Crippen LogP contribution is -2.51. The van der Waals surface area contributed by atoms with Crippen molar-refractivity contribution in [2.75, 3.05) is 7.11 Å². The van der Waals surface area contributed by atoms with Gasteiger partial charge in [-0.05, 0) is 30.0 Å². The molecule has 6 nitrogen and oxygen atoms in total. The second-order valence-electron chi connectivity index (χ2n) is 6.52. The molecule has 2 aromatic rings. The number of urea groups is 1. The third-order valence-corrected chi connectivity index (χ3v) is 5.05. The topological polar surface area (TPSA) is 71.5 Å². The van der Waals surface area contributed by atoms with Crippen molar-refractivity contribution >= 4 is 11.9 Å². The number of nitrogens with zero attached hydrogens (tertiary/aromatic N) is 2. The van der Waals surface area contributed by atoms with E-state index in [4.69, 9.17) is 4.74 Å². The minimum absolute atomic E-state index is 0.158. The van der Waals surface area contributed by atoms with Crippen molar-refractivity contribution in [1.29, 1.82) is 0 Å². The first-order valence-corrected chi connectivity index (χ1v) is 8.32. The predicted octanol–water partition coefficient (Wildman–Crippen LogP) is 2.07. The Hall–Kier alpha value is -2.89. The number of hydrogen-bond donors (Lipinski definition) is 1. The lowest BCUT2D eigenvalue weighted by atomic mass is 9.78. The molecule has 2 heterocycles. The van der Waals surface area contributed by atoms with Gasteiger partial charge in [-0.2, -0.15) is 0 Å². The van der Waals surface area contributed by atoms with Crippen LogP contribution in [0.15, 0.2) is 42.6 Å². The first-order valence-electron chi connectivity index (χ1n) is 8.32. The second kappa shape index (κ2) is 5.88. The summed E-state index contributed by atoms with van der Waals surface area (Å²) in [5.74, 6) is 0.260. The zero-order valence-corrected chi connectivity index (χ0v) is 14.0. The summed E-state index contributed by atoms with van der Waals surface area (Å²) in [4.78, 5) is 31.0. The molecule has 4 rings (SSSR count). The van der Waals surface area contributed by atoms with Crippen molar-refractivity contribution in [2.45, 2.75) is 31.3 Å². The zero-order valence-electron chi connectivity index (χ0n) is 14.0. The molecule has 128 valence electrons. The summed E-state index contributed by atoms with van der Waals surface area (Å²) in [7, 11) is 1.53. The Morgan fingerprint density at radius 2 is 2.00 bits per heavy atom. The van der Waals surface area contributed by atoms with Crippen LogP contribution in [0.4, 0.5) is 4.79 Å². The second-order valence-corrected chi connectivity index (χ2v) is 6.52. The molecular weight excluding hydrogens is 318 g/mol. The number of pyridine rings is 1. The minimum Gasteiger partial charge on any atom is -0.481 e. The van der Waals surface area contributed by atoms with E-state index >= 15 is 0 Å². The van der Waals surface area contributed by atoms with E-state index in [0.717, 1.165) is 12.0 Å². The number of benzene rings is 1. The van der Waals surface area contributed by atoms with E-state index in [-0.39, 0.29) is 18.5 Å². The maximum atomic E-state index is 13.1. The van der Waals surface area contributed by atoms with Gasteiger partial charge in [0.05, 0.1) is 13.7 Å². The summed E-state index contributed by atoms with van der Waals surface area (Å²) >= 11 is 0. The Morgan fingerprint density at radius 3 is 2.80 bits per heavy atom. The van der Waals surface area contributed by atoms with Gasteiger partial charge >= 0.3 is 6.03 Å². The van der Waals surface area contributed by atoms with E-state index in [2.05, 4.69) is 16.4 Å². The molecule has 1 atom stereocenters. The first kappa shape index (κ1) is 15.6. The normalized spacial score (nSPS) is 22.0. The van der Waals surface area contributed by atoms with Crippen molar-refractivity contribution in [3.63, 3.8) is 0 Å². The van der Waals surface area contributed by atoms with E-state index < -0.39 is 5.54 Å².